The van der Waals surface area contributed by atoms with Gasteiger partial charge in [0.15, 0.2) is 0 Å². The summed E-state index contributed by atoms with van der Waals surface area (Å²) < 4.78 is 11.9. The monoisotopic (exact) mass is 412 g/mol. The molecular formula is C28H44O2. The molecule has 5 aliphatic carbocycles. The first-order chi connectivity index (χ1) is 14.8. The van der Waals surface area contributed by atoms with Gasteiger partial charge in [0.25, 0.3) is 0 Å². The van der Waals surface area contributed by atoms with Gasteiger partial charge in [-0.3, -0.25) is 0 Å². The molecule has 0 aromatic heterocycles. The van der Waals surface area contributed by atoms with Crippen LogP contribution in [0.5, 0.6) is 0 Å². The van der Waals surface area contributed by atoms with Crippen molar-refractivity contribution in [3.05, 3.63) is 23.5 Å². The summed E-state index contributed by atoms with van der Waals surface area (Å²) in [6.07, 6.45) is 21.6. The van der Waals surface area contributed by atoms with Gasteiger partial charge in [-0.2, -0.15) is 0 Å². The van der Waals surface area contributed by atoms with Crippen LogP contribution in [0, 0.1) is 41.4 Å². The number of rotatable bonds is 8. The summed E-state index contributed by atoms with van der Waals surface area (Å²) in [4.78, 5) is 0. The third-order valence-corrected chi connectivity index (χ3v) is 9.51. The molecule has 0 aromatic carbocycles. The van der Waals surface area contributed by atoms with Crippen molar-refractivity contribution in [2.24, 2.45) is 41.4 Å². The highest BCUT2D eigenvalue weighted by atomic mass is 16.5. The van der Waals surface area contributed by atoms with Crippen molar-refractivity contribution in [3.8, 4) is 0 Å². The topological polar surface area (TPSA) is 18.5 Å². The van der Waals surface area contributed by atoms with Gasteiger partial charge in [-0.1, -0.05) is 25.5 Å². The van der Waals surface area contributed by atoms with Gasteiger partial charge in [-0.05, 0) is 118 Å². The molecule has 30 heavy (non-hydrogen) atoms. The Hall–Kier alpha value is -0.760. The summed E-state index contributed by atoms with van der Waals surface area (Å²) in [5.74, 6) is 8.39. The maximum Gasteiger partial charge on any atom is 0.0920 e. The summed E-state index contributed by atoms with van der Waals surface area (Å²) >= 11 is 0. The first-order valence-corrected chi connectivity index (χ1v) is 13.4. The lowest BCUT2D eigenvalue weighted by Gasteiger charge is -2.37. The van der Waals surface area contributed by atoms with Crippen LogP contribution in [-0.2, 0) is 9.47 Å². The van der Waals surface area contributed by atoms with E-state index in [1.165, 1.54) is 57.1 Å². The minimum absolute atomic E-state index is 0.501. The SMILES string of the molecule is CCCOC1=CCC(C2CC3CC2C2CC(C4=CCC(OCCC)CC4)CC32)CC1. The number of fused-ring (bicyclic) bond motifs is 5. The van der Waals surface area contributed by atoms with Crippen molar-refractivity contribution in [2.75, 3.05) is 13.2 Å². The Morgan fingerprint density at radius 3 is 2.27 bits per heavy atom. The lowest BCUT2D eigenvalue weighted by atomic mass is 9.68. The van der Waals surface area contributed by atoms with Gasteiger partial charge in [-0.25, -0.2) is 0 Å². The number of hydrogen-bond donors (Lipinski definition) is 0. The quantitative estimate of drug-likeness (QED) is 0.389. The molecule has 3 saturated carbocycles. The van der Waals surface area contributed by atoms with Crippen molar-refractivity contribution in [2.45, 2.75) is 97.0 Å². The summed E-state index contributed by atoms with van der Waals surface area (Å²) in [6, 6.07) is 0. The van der Waals surface area contributed by atoms with Crippen molar-refractivity contribution in [1.29, 1.82) is 0 Å². The van der Waals surface area contributed by atoms with Crippen molar-refractivity contribution in [3.63, 3.8) is 0 Å². The highest BCUT2D eigenvalue weighted by Gasteiger charge is 2.57. The molecule has 3 fully saturated rings. The summed E-state index contributed by atoms with van der Waals surface area (Å²) in [6.45, 7) is 6.26. The number of allylic oxidation sites excluding steroid dienone is 3. The second-order valence-corrected chi connectivity index (χ2v) is 11.2. The van der Waals surface area contributed by atoms with Crippen LogP contribution in [0.1, 0.15) is 90.9 Å². The predicted octanol–water partition coefficient (Wildman–Crippen LogP) is 7.30. The van der Waals surface area contributed by atoms with Gasteiger partial charge < -0.3 is 9.47 Å². The van der Waals surface area contributed by atoms with E-state index in [-0.39, 0.29) is 0 Å². The molecule has 2 heteroatoms. The van der Waals surface area contributed by atoms with Gasteiger partial charge in [0.05, 0.1) is 18.5 Å². The highest BCUT2D eigenvalue weighted by Crippen LogP contribution is 2.65. The smallest absolute Gasteiger partial charge is 0.0920 e. The molecule has 168 valence electrons. The molecule has 2 nitrogen and oxygen atoms in total. The van der Waals surface area contributed by atoms with Crippen LogP contribution < -0.4 is 0 Å². The maximum absolute atomic E-state index is 6.01. The minimum Gasteiger partial charge on any atom is -0.498 e. The second-order valence-electron chi connectivity index (χ2n) is 11.2. The third-order valence-electron chi connectivity index (χ3n) is 9.51. The predicted molar refractivity (Wildman–Crippen MR) is 123 cm³/mol. The first kappa shape index (κ1) is 21.1. The Balaban J connectivity index is 1.16. The molecule has 0 heterocycles. The average molecular weight is 413 g/mol. The molecule has 8 unspecified atom stereocenters. The zero-order valence-corrected chi connectivity index (χ0v) is 19.5. The molecule has 0 N–H and O–H groups in total. The molecule has 0 saturated heterocycles. The summed E-state index contributed by atoms with van der Waals surface area (Å²) in [7, 11) is 0. The Morgan fingerprint density at radius 1 is 0.767 bits per heavy atom. The minimum atomic E-state index is 0.501. The molecule has 0 aromatic rings. The molecule has 5 rings (SSSR count). The van der Waals surface area contributed by atoms with Crippen molar-refractivity contribution in [1.82, 2.24) is 0 Å². The standard InChI is InChI=1S/C28H44O2/c1-3-13-29-23-9-5-19(6-10-23)21-15-26-22-17-25(28(18-22)27(26)16-21)20-7-11-24(12-8-20)30-14-4-2/h5,11,20-23,25-28H,3-4,6-10,12-18H2,1-2H3. The second kappa shape index (κ2) is 9.39. The lowest BCUT2D eigenvalue weighted by molar-refractivity contribution is 0.0461. The van der Waals surface area contributed by atoms with Crippen LogP contribution in [0.15, 0.2) is 23.5 Å². The Labute approximate surface area is 184 Å². The van der Waals surface area contributed by atoms with Crippen molar-refractivity contribution < 1.29 is 9.47 Å². The molecule has 0 spiro atoms. The zero-order chi connectivity index (χ0) is 20.5. The van der Waals surface area contributed by atoms with E-state index in [0.717, 1.165) is 67.5 Å². The molecular weight excluding hydrogens is 368 g/mol. The van der Waals surface area contributed by atoms with E-state index in [4.69, 9.17) is 9.47 Å². The molecule has 0 radical (unpaired) electrons. The normalized spacial score (nSPS) is 42.7. The van der Waals surface area contributed by atoms with Gasteiger partial charge in [0.2, 0.25) is 0 Å². The first-order valence-electron chi connectivity index (χ1n) is 13.4. The third kappa shape index (κ3) is 4.15. The lowest BCUT2D eigenvalue weighted by Crippen LogP contribution is -2.30. The zero-order valence-electron chi connectivity index (χ0n) is 19.5. The van der Waals surface area contributed by atoms with E-state index in [2.05, 4.69) is 26.0 Å². The van der Waals surface area contributed by atoms with Crippen molar-refractivity contribution >= 4 is 0 Å². The highest BCUT2D eigenvalue weighted by molar-refractivity contribution is 5.17. The Morgan fingerprint density at radius 2 is 1.53 bits per heavy atom. The number of ether oxygens (including phenoxy) is 2. The fourth-order valence-electron chi connectivity index (χ4n) is 8.19. The van der Waals surface area contributed by atoms with E-state index < -0.39 is 0 Å². The van der Waals surface area contributed by atoms with Crippen LogP contribution in [0.2, 0.25) is 0 Å². The van der Waals surface area contributed by atoms with E-state index in [1.807, 2.05) is 5.57 Å². The van der Waals surface area contributed by atoms with Crippen LogP contribution >= 0.6 is 0 Å². The fourth-order valence-corrected chi connectivity index (χ4v) is 8.19. The van der Waals surface area contributed by atoms with E-state index in [1.54, 1.807) is 12.8 Å². The molecule has 2 bridgehead atoms. The molecule has 0 amide bonds. The van der Waals surface area contributed by atoms with Crippen LogP contribution in [0.4, 0.5) is 0 Å². The largest absolute Gasteiger partial charge is 0.498 e. The summed E-state index contributed by atoms with van der Waals surface area (Å²) in [5.41, 5.74) is 1.81. The molecule has 8 atom stereocenters. The van der Waals surface area contributed by atoms with Gasteiger partial charge in [0.1, 0.15) is 0 Å². The van der Waals surface area contributed by atoms with E-state index >= 15 is 0 Å². The Kier molecular flexibility index (Phi) is 6.61. The van der Waals surface area contributed by atoms with Gasteiger partial charge in [0, 0.05) is 13.0 Å². The maximum atomic E-state index is 6.01. The molecule has 0 aliphatic heterocycles. The number of hydrogen-bond acceptors (Lipinski definition) is 2. The van der Waals surface area contributed by atoms with Crippen LogP contribution in [0.3, 0.4) is 0 Å². The van der Waals surface area contributed by atoms with Crippen LogP contribution in [0.25, 0.3) is 0 Å². The Bertz CT molecular complexity index is 649. The van der Waals surface area contributed by atoms with Gasteiger partial charge in [-0.15, -0.1) is 0 Å². The van der Waals surface area contributed by atoms with Crippen LogP contribution in [-0.4, -0.2) is 19.3 Å². The average Bonchev–Trinajstić information content (AvgIpc) is 3.49. The fraction of sp³-hybridized carbons (Fsp3) is 0.857. The molecule has 5 aliphatic rings. The van der Waals surface area contributed by atoms with E-state index in [9.17, 15) is 0 Å². The van der Waals surface area contributed by atoms with Gasteiger partial charge >= 0.3 is 0 Å². The van der Waals surface area contributed by atoms with E-state index in [0.29, 0.717) is 6.10 Å². The summed E-state index contributed by atoms with van der Waals surface area (Å²) in [5, 5.41) is 0.